The predicted octanol–water partition coefficient (Wildman–Crippen LogP) is 4.12. The Balaban J connectivity index is 1.45. The van der Waals surface area contributed by atoms with Crippen molar-refractivity contribution < 1.29 is 18.0 Å². The van der Waals surface area contributed by atoms with Crippen LogP contribution in [-0.4, -0.2) is 48.4 Å². The lowest BCUT2D eigenvalue weighted by Gasteiger charge is -2.34. The highest BCUT2D eigenvalue weighted by atomic mass is 35.5. The van der Waals surface area contributed by atoms with Gasteiger partial charge in [-0.1, -0.05) is 29.8 Å². The van der Waals surface area contributed by atoms with Crippen molar-refractivity contribution in [3.05, 3.63) is 64.7 Å². The third-order valence-electron chi connectivity index (χ3n) is 4.63. The van der Waals surface area contributed by atoms with Crippen LogP contribution in [0.1, 0.15) is 11.1 Å². The predicted molar refractivity (Wildman–Crippen MR) is 103 cm³/mol. The molecule has 2 aromatic carbocycles. The Morgan fingerprint density at radius 3 is 2.29 bits per heavy atom. The van der Waals surface area contributed by atoms with Crippen molar-refractivity contribution in [2.75, 3.05) is 38.0 Å². The Bertz CT molecular complexity index is 803. The first-order chi connectivity index (χ1) is 13.3. The molecular weight excluding hydrogens is 391 g/mol. The average Bonchev–Trinajstić information content (AvgIpc) is 2.65. The summed E-state index contributed by atoms with van der Waals surface area (Å²) in [7, 11) is 0. The number of nitrogens with zero attached hydrogens (tertiary/aromatic N) is 2. The van der Waals surface area contributed by atoms with E-state index in [-0.39, 0.29) is 18.1 Å². The molecule has 4 nitrogen and oxygen atoms in total. The second-order valence-electron chi connectivity index (χ2n) is 6.81. The molecule has 1 saturated heterocycles. The summed E-state index contributed by atoms with van der Waals surface area (Å²) in [6, 6.07) is 12.4. The number of carbonyl (C=O) groups is 1. The second-order valence-corrected chi connectivity index (χ2v) is 7.24. The van der Waals surface area contributed by atoms with Gasteiger partial charge in [0.25, 0.3) is 0 Å². The molecular formula is C20H21ClF3N3O. The average molecular weight is 412 g/mol. The van der Waals surface area contributed by atoms with Gasteiger partial charge >= 0.3 is 6.18 Å². The van der Waals surface area contributed by atoms with Crippen LogP contribution in [-0.2, 0) is 17.5 Å². The minimum absolute atomic E-state index is 0.154. The van der Waals surface area contributed by atoms with Crippen molar-refractivity contribution in [2.45, 2.75) is 12.7 Å². The van der Waals surface area contributed by atoms with Crippen LogP contribution >= 0.6 is 11.6 Å². The number of rotatable bonds is 5. The van der Waals surface area contributed by atoms with Gasteiger partial charge in [-0.2, -0.15) is 13.2 Å². The van der Waals surface area contributed by atoms with Gasteiger partial charge in [-0.05, 0) is 35.9 Å². The number of benzene rings is 2. The molecule has 0 aliphatic carbocycles. The summed E-state index contributed by atoms with van der Waals surface area (Å²) < 4.78 is 38.3. The Labute approximate surface area is 166 Å². The van der Waals surface area contributed by atoms with Crippen LogP contribution in [0.25, 0.3) is 0 Å². The van der Waals surface area contributed by atoms with E-state index in [0.717, 1.165) is 44.9 Å². The molecule has 1 amide bonds. The summed E-state index contributed by atoms with van der Waals surface area (Å²) in [6.07, 6.45) is -4.43. The smallest absolute Gasteiger partial charge is 0.325 e. The minimum Gasteiger partial charge on any atom is -0.325 e. The molecule has 0 radical (unpaired) electrons. The van der Waals surface area contributed by atoms with E-state index in [1.807, 2.05) is 29.2 Å². The lowest BCUT2D eigenvalue weighted by Crippen LogP contribution is -2.48. The van der Waals surface area contributed by atoms with Crippen molar-refractivity contribution >= 4 is 23.2 Å². The fraction of sp³-hybridized carbons (Fsp3) is 0.350. The van der Waals surface area contributed by atoms with Gasteiger partial charge in [0, 0.05) is 43.4 Å². The van der Waals surface area contributed by atoms with Gasteiger partial charge in [-0.25, -0.2) is 0 Å². The molecule has 1 aliphatic rings. The van der Waals surface area contributed by atoms with E-state index in [0.29, 0.717) is 5.02 Å². The van der Waals surface area contributed by atoms with Crippen LogP contribution in [0.5, 0.6) is 0 Å². The van der Waals surface area contributed by atoms with Crippen LogP contribution in [0.3, 0.4) is 0 Å². The molecule has 1 fully saturated rings. The molecule has 0 unspecified atom stereocenters. The highest BCUT2D eigenvalue weighted by Crippen LogP contribution is 2.30. The number of anilines is 1. The molecule has 28 heavy (non-hydrogen) atoms. The quantitative estimate of drug-likeness (QED) is 0.804. The van der Waals surface area contributed by atoms with Crippen LogP contribution in [0.4, 0.5) is 18.9 Å². The van der Waals surface area contributed by atoms with Gasteiger partial charge in [-0.15, -0.1) is 0 Å². The maximum atomic E-state index is 12.8. The molecule has 1 N–H and O–H groups in total. The van der Waals surface area contributed by atoms with E-state index in [2.05, 4.69) is 10.2 Å². The van der Waals surface area contributed by atoms with Gasteiger partial charge in [0.05, 0.1) is 12.1 Å². The number of hydrogen-bond donors (Lipinski definition) is 1. The van der Waals surface area contributed by atoms with Crippen molar-refractivity contribution in [2.24, 2.45) is 0 Å². The maximum absolute atomic E-state index is 12.8. The van der Waals surface area contributed by atoms with E-state index in [1.54, 1.807) is 0 Å². The molecule has 0 bridgehead atoms. The molecule has 150 valence electrons. The normalized spacial score (nSPS) is 16.1. The van der Waals surface area contributed by atoms with Crippen LogP contribution in [0.15, 0.2) is 48.5 Å². The summed E-state index contributed by atoms with van der Waals surface area (Å²) in [5, 5.41) is 3.26. The van der Waals surface area contributed by atoms with Gasteiger partial charge in [0.15, 0.2) is 0 Å². The third kappa shape index (κ3) is 5.95. The number of alkyl halides is 3. The van der Waals surface area contributed by atoms with Gasteiger partial charge in [0.1, 0.15) is 0 Å². The van der Waals surface area contributed by atoms with Crippen LogP contribution < -0.4 is 5.32 Å². The molecule has 1 heterocycles. The van der Waals surface area contributed by atoms with E-state index >= 15 is 0 Å². The largest absolute Gasteiger partial charge is 0.416 e. The molecule has 0 saturated carbocycles. The molecule has 0 aromatic heterocycles. The number of halogens is 4. The molecule has 0 atom stereocenters. The fourth-order valence-electron chi connectivity index (χ4n) is 3.13. The zero-order chi connectivity index (χ0) is 20.1. The van der Waals surface area contributed by atoms with Crippen molar-refractivity contribution in [1.82, 2.24) is 9.80 Å². The first kappa shape index (κ1) is 20.6. The number of nitrogens with one attached hydrogen (secondary N) is 1. The van der Waals surface area contributed by atoms with E-state index in [1.165, 1.54) is 17.7 Å². The standard InChI is InChI=1S/C20H21ClF3N3O/c21-17-6-4-15(5-7-17)13-26-8-10-27(11-9-26)14-19(28)25-18-3-1-2-16(12-18)20(22,23)24/h1-7,12H,8-11,13-14H2,(H,25,28). The molecule has 2 aromatic rings. The molecule has 0 spiro atoms. The van der Waals surface area contributed by atoms with Crippen molar-refractivity contribution in [3.63, 3.8) is 0 Å². The molecule has 3 rings (SSSR count). The summed E-state index contributed by atoms with van der Waals surface area (Å²) in [6.45, 7) is 4.07. The number of hydrogen-bond acceptors (Lipinski definition) is 3. The SMILES string of the molecule is O=C(CN1CCN(Cc2ccc(Cl)cc2)CC1)Nc1cccc(C(F)(F)F)c1. The van der Waals surface area contributed by atoms with Crippen molar-refractivity contribution in [3.8, 4) is 0 Å². The maximum Gasteiger partial charge on any atom is 0.416 e. The van der Waals surface area contributed by atoms with E-state index in [4.69, 9.17) is 11.6 Å². The minimum atomic E-state index is -4.43. The van der Waals surface area contributed by atoms with Gasteiger partial charge < -0.3 is 5.32 Å². The Morgan fingerprint density at radius 2 is 1.64 bits per heavy atom. The number of amides is 1. The first-order valence-electron chi connectivity index (χ1n) is 8.96. The zero-order valence-corrected chi connectivity index (χ0v) is 15.9. The highest BCUT2D eigenvalue weighted by Gasteiger charge is 2.30. The highest BCUT2D eigenvalue weighted by molar-refractivity contribution is 6.30. The Kier molecular flexibility index (Phi) is 6.59. The molecule has 8 heteroatoms. The number of carbonyl (C=O) groups excluding carboxylic acids is 1. The van der Waals surface area contributed by atoms with E-state index in [9.17, 15) is 18.0 Å². The lowest BCUT2D eigenvalue weighted by atomic mass is 10.2. The summed E-state index contributed by atoms with van der Waals surface area (Å²) in [5.41, 5.74) is 0.558. The Morgan fingerprint density at radius 1 is 1.00 bits per heavy atom. The van der Waals surface area contributed by atoms with Crippen LogP contribution in [0.2, 0.25) is 5.02 Å². The Hall–Kier alpha value is -2.09. The van der Waals surface area contributed by atoms with Crippen molar-refractivity contribution in [1.29, 1.82) is 0 Å². The summed E-state index contributed by atoms with van der Waals surface area (Å²) >= 11 is 5.90. The number of piperazine rings is 1. The van der Waals surface area contributed by atoms with Gasteiger partial charge in [-0.3, -0.25) is 14.6 Å². The summed E-state index contributed by atoms with van der Waals surface area (Å²) in [5.74, 6) is -0.314. The summed E-state index contributed by atoms with van der Waals surface area (Å²) in [4.78, 5) is 16.5. The first-order valence-corrected chi connectivity index (χ1v) is 9.34. The fourth-order valence-corrected chi connectivity index (χ4v) is 3.26. The van der Waals surface area contributed by atoms with E-state index < -0.39 is 11.7 Å². The third-order valence-corrected chi connectivity index (χ3v) is 4.88. The zero-order valence-electron chi connectivity index (χ0n) is 15.2. The second kappa shape index (κ2) is 8.94. The van der Waals surface area contributed by atoms with Gasteiger partial charge in [0.2, 0.25) is 5.91 Å². The van der Waals surface area contributed by atoms with Crippen LogP contribution in [0, 0.1) is 0 Å². The lowest BCUT2D eigenvalue weighted by molar-refractivity contribution is -0.137. The topological polar surface area (TPSA) is 35.6 Å². The molecule has 1 aliphatic heterocycles. The monoisotopic (exact) mass is 411 g/mol.